The molecule has 2 fully saturated rings. The molecule has 1 saturated carbocycles. The third-order valence-corrected chi connectivity index (χ3v) is 4.62. The van der Waals surface area contributed by atoms with Crippen LogP contribution in [0.4, 0.5) is 13.2 Å². The van der Waals surface area contributed by atoms with Crippen LogP contribution >= 0.6 is 0 Å². The van der Waals surface area contributed by atoms with E-state index in [0.29, 0.717) is 19.4 Å². The number of carbonyl (C=O) groups excluding carboxylic acids is 1. The van der Waals surface area contributed by atoms with Crippen molar-refractivity contribution in [1.82, 2.24) is 4.90 Å². The van der Waals surface area contributed by atoms with Gasteiger partial charge < -0.3 is 10.0 Å². The Morgan fingerprint density at radius 1 is 1.17 bits per heavy atom. The van der Waals surface area contributed by atoms with E-state index in [9.17, 15) is 22.8 Å². The van der Waals surface area contributed by atoms with Gasteiger partial charge in [-0.1, -0.05) is 12.1 Å². The number of halogens is 3. The maximum absolute atomic E-state index is 12.5. The van der Waals surface area contributed by atoms with Crippen molar-refractivity contribution in [2.45, 2.75) is 24.9 Å². The van der Waals surface area contributed by atoms with Crippen LogP contribution in [-0.4, -0.2) is 35.0 Å². The molecule has 0 aromatic heterocycles. The molecule has 0 bridgehead atoms. The summed E-state index contributed by atoms with van der Waals surface area (Å²) in [5.41, 5.74) is 0.0268. The van der Waals surface area contributed by atoms with Crippen LogP contribution in [0.5, 0.6) is 0 Å². The first-order valence-electron chi connectivity index (χ1n) is 7.46. The number of carboxylic acids is 1. The third kappa shape index (κ3) is 3.18. The van der Waals surface area contributed by atoms with Gasteiger partial charge in [0.15, 0.2) is 0 Å². The lowest BCUT2D eigenvalue weighted by Crippen LogP contribution is -2.31. The Labute approximate surface area is 130 Å². The average molecular weight is 327 g/mol. The van der Waals surface area contributed by atoms with Gasteiger partial charge in [-0.25, -0.2) is 0 Å². The average Bonchev–Trinajstić information content (AvgIpc) is 3.13. The minimum absolute atomic E-state index is 0.0614. The van der Waals surface area contributed by atoms with Gasteiger partial charge in [-0.15, -0.1) is 0 Å². The topological polar surface area (TPSA) is 57.6 Å². The maximum Gasteiger partial charge on any atom is 0.416 e. The number of alkyl halides is 3. The molecule has 0 radical (unpaired) electrons. The Hall–Kier alpha value is -2.05. The molecule has 0 spiro atoms. The molecule has 1 heterocycles. The lowest BCUT2D eigenvalue weighted by Gasteiger charge is -2.15. The van der Waals surface area contributed by atoms with Crippen molar-refractivity contribution in [3.63, 3.8) is 0 Å². The van der Waals surface area contributed by atoms with E-state index >= 15 is 0 Å². The monoisotopic (exact) mass is 327 g/mol. The van der Waals surface area contributed by atoms with Crippen molar-refractivity contribution in [3.8, 4) is 0 Å². The highest BCUT2D eigenvalue weighted by atomic mass is 19.4. The first-order valence-corrected chi connectivity index (χ1v) is 7.46. The predicted molar refractivity (Wildman–Crippen MR) is 74.6 cm³/mol. The van der Waals surface area contributed by atoms with Crippen LogP contribution in [-0.2, 0) is 15.8 Å². The molecule has 3 rings (SSSR count). The van der Waals surface area contributed by atoms with Crippen LogP contribution in [0.3, 0.4) is 0 Å². The third-order valence-electron chi connectivity index (χ3n) is 4.62. The normalized spacial score (nSPS) is 27.1. The number of nitrogens with zero attached hydrogens (tertiary/aromatic N) is 1. The fraction of sp³-hybridized carbons (Fsp3) is 0.500. The molecule has 1 aromatic rings. The van der Waals surface area contributed by atoms with Crippen molar-refractivity contribution in [3.05, 3.63) is 35.4 Å². The molecule has 3 atom stereocenters. The number of amides is 1. The largest absolute Gasteiger partial charge is 0.481 e. The zero-order valence-corrected chi connectivity index (χ0v) is 12.2. The Kier molecular flexibility index (Phi) is 3.82. The van der Waals surface area contributed by atoms with Crippen LogP contribution in [0.2, 0.25) is 0 Å². The van der Waals surface area contributed by atoms with Gasteiger partial charge in [0.1, 0.15) is 0 Å². The second-order valence-electron chi connectivity index (χ2n) is 6.18. The van der Waals surface area contributed by atoms with Gasteiger partial charge in [0.2, 0.25) is 5.91 Å². The van der Waals surface area contributed by atoms with Crippen molar-refractivity contribution >= 4 is 11.9 Å². The molecule has 1 aliphatic carbocycles. The molecule has 7 heteroatoms. The van der Waals surface area contributed by atoms with E-state index in [1.807, 2.05) is 0 Å². The van der Waals surface area contributed by atoms with Crippen LogP contribution in [0.25, 0.3) is 0 Å². The number of carboxylic acid groups (broad SMARTS) is 1. The summed E-state index contributed by atoms with van der Waals surface area (Å²) in [7, 11) is 0. The molecule has 0 unspecified atom stereocenters. The van der Waals surface area contributed by atoms with E-state index in [1.165, 1.54) is 12.1 Å². The van der Waals surface area contributed by atoms with Gasteiger partial charge in [0.25, 0.3) is 0 Å². The first kappa shape index (κ1) is 15.8. The number of likely N-dealkylation sites (tertiary alicyclic amines) is 1. The maximum atomic E-state index is 12.5. The Balaban J connectivity index is 1.61. The molecule has 1 aliphatic heterocycles. The molecule has 1 N–H and O–H groups in total. The smallest absolute Gasteiger partial charge is 0.416 e. The van der Waals surface area contributed by atoms with Gasteiger partial charge in [-0.3, -0.25) is 9.59 Å². The lowest BCUT2D eigenvalue weighted by molar-refractivity contribution is -0.141. The first-order chi connectivity index (χ1) is 10.8. The van der Waals surface area contributed by atoms with Gasteiger partial charge in [-0.05, 0) is 36.5 Å². The molecule has 23 heavy (non-hydrogen) atoms. The minimum Gasteiger partial charge on any atom is -0.481 e. The number of carbonyl (C=O) groups is 2. The number of aliphatic carboxylic acids is 1. The summed E-state index contributed by atoms with van der Waals surface area (Å²) in [5, 5.41) is 8.96. The molecule has 1 aromatic carbocycles. The Bertz CT molecular complexity index is 626. The van der Waals surface area contributed by atoms with Crippen LogP contribution in [0, 0.1) is 11.8 Å². The highest BCUT2D eigenvalue weighted by Gasteiger charge is 2.47. The second-order valence-corrected chi connectivity index (χ2v) is 6.18. The summed E-state index contributed by atoms with van der Waals surface area (Å²) in [6, 6.07) is 4.91. The Morgan fingerprint density at radius 2 is 1.83 bits per heavy atom. The quantitative estimate of drug-likeness (QED) is 0.929. The zero-order chi connectivity index (χ0) is 16.8. The summed E-state index contributed by atoms with van der Waals surface area (Å²) >= 11 is 0. The number of rotatable bonds is 3. The molecule has 4 nitrogen and oxygen atoms in total. The zero-order valence-electron chi connectivity index (χ0n) is 12.2. The summed E-state index contributed by atoms with van der Waals surface area (Å²) in [4.78, 5) is 24.8. The van der Waals surface area contributed by atoms with E-state index in [2.05, 4.69) is 0 Å². The molecule has 2 aliphatic rings. The second kappa shape index (κ2) is 5.54. The number of hydrogen-bond donors (Lipinski definition) is 1. The van der Waals surface area contributed by atoms with Crippen molar-refractivity contribution in [1.29, 1.82) is 0 Å². The molecule has 1 amide bonds. The Morgan fingerprint density at radius 3 is 2.35 bits per heavy atom. The summed E-state index contributed by atoms with van der Waals surface area (Å²) in [6.45, 7) is 0.663. The molecule has 1 saturated heterocycles. The van der Waals surface area contributed by atoms with Crippen LogP contribution in [0.1, 0.15) is 29.9 Å². The van der Waals surface area contributed by atoms with E-state index in [4.69, 9.17) is 5.11 Å². The molecular formula is C16H16F3NO3. The number of benzene rings is 1. The van der Waals surface area contributed by atoms with Crippen molar-refractivity contribution in [2.75, 3.05) is 13.1 Å². The highest BCUT2D eigenvalue weighted by molar-refractivity contribution is 5.84. The summed E-state index contributed by atoms with van der Waals surface area (Å²) in [6.07, 6.45) is -3.30. The van der Waals surface area contributed by atoms with Crippen molar-refractivity contribution < 1.29 is 27.9 Å². The summed E-state index contributed by atoms with van der Waals surface area (Å²) in [5.74, 6) is -1.79. The SMILES string of the molecule is O=C(O)[C@@H]1CCN(C(=O)[C@H]2C[C@H]2c2ccc(C(F)(F)F)cc2)C1. The lowest BCUT2D eigenvalue weighted by atomic mass is 10.1. The minimum atomic E-state index is -4.36. The van der Waals surface area contributed by atoms with E-state index in [-0.39, 0.29) is 24.3 Å². The number of hydrogen-bond acceptors (Lipinski definition) is 2. The van der Waals surface area contributed by atoms with Gasteiger partial charge in [-0.2, -0.15) is 13.2 Å². The highest BCUT2D eigenvalue weighted by Crippen LogP contribution is 2.49. The summed E-state index contributed by atoms with van der Waals surface area (Å²) < 4.78 is 37.6. The van der Waals surface area contributed by atoms with Gasteiger partial charge in [0, 0.05) is 19.0 Å². The standard InChI is InChI=1S/C16H16F3NO3/c17-16(18,19)11-3-1-9(2-4-11)12-7-13(12)14(21)20-6-5-10(8-20)15(22)23/h1-4,10,12-13H,5-8H2,(H,22,23)/t10-,12+,13+/m1/s1. The fourth-order valence-corrected chi connectivity index (χ4v) is 3.15. The predicted octanol–water partition coefficient (Wildman–Crippen LogP) is 2.74. The molecular weight excluding hydrogens is 311 g/mol. The van der Waals surface area contributed by atoms with Crippen LogP contribution in [0.15, 0.2) is 24.3 Å². The molecule has 124 valence electrons. The van der Waals surface area contributed by atoms with Gasteiger partial charge >= 0.3 is 12.1 Å². The van der Waals surface area contributed by atoms with Crippen molar-refractivity contribution in [2.24, 2.45) is 11.8 Å². The van der Waals surface area contributed by atoms with Gasteiger partial charge in [0.05, 0.1) is 11.5 Å². The fourth-order valence-electron chi connectivity index (χ4n) is 3.15. The van der Waals surface area contributed by atoms with E-state index < -0.39 is 23.6 Å². The van der Waals surface area contributed by atoms with E-state index in [1.54, 1.807) is 4.90 Å². The van der Waals surface area contributed by atoms with Crippen LogP contribution < -0.4 is 0 Å². The van der Waals surface area contributed by atoms with E-state index in [0.717, 1.165) is 17.7 Å².